The number of ether oxygens (including phenoxy) is 2. The van der Waals surface area contributed by atoms with Crippen molar-refractivity contribution in [3.05, 3.63) is 40.8 Å². The van der Waals surface area contributed by atoms with E-state index in [1.54, 1.807) is 13.0 Å². The lowest BCUT2D eigenvalue weighted by Gasteiger charge is -2.09. The number of benzene rings is 1. The zero-order valence-corrected chi connectivity index (χ0v) is 16.1. The van der Waals surface area contributed by atoms with Gasteiger partial charge in [0.05, 0.1) is 25.3 Å². The number of thiophene rings is 1. The van der Waals surface area contributed by atoms with Gasteiger partial charge in [-0.1, -0.05) is 6.92 Å². The van der Waals surface area contributed by atoms with Gasteiger partial charge in [0.25, 0.3) is 0 Å². The van der Waals surface area contributed by atoms with Gasteiger partial charge in [-0.3, -0.25) is 4.79 Å². The van der Waals surface area contributed by atoms with Gasteiger partial charge < -0.3 is 20.1 Å². The summed E-state index contributed by atoms with van der Waals surface area (Å²) in [6, 6.07) is 9.16. The van der Waals surface area contributed by atoms with Crippen molar-refractivity contribution < 1.29 is 19.1 Å². The molecule has 0 aliphatic carbocycles. The molecule has 2 rings (SSSR count). The van der Waals surface area contributed by atoms with Crippen molar-refractivity contribution in [3.8, 4) is 5.75 Å². The van der Waals surface area contributed by atoms with E-state index in [4.69, 9.17) is 9.47 Å². The van der Waals surface area contributed by atoms with Gasteiger partial charge in [0.15, 0.2) is 0 Å². The molecule has 140 valence electrons. The second-order valence-electron chi connectivity index (χ2n) is 5.39. The first-order valence-electron chi connectivity index (χ1n) is 8.63. The van der Waals surface area contributed by atoms with Crippen LogP contribution in [-0.2, 0) is 16.0 Å². The van der Waals surface area contributed by atoms with Crippen molar-refractivity contribution in [2.45, 2.75) is 27.2 Å². The molecular weight excluding hydrogens is 352 g/mol. The van der Waals surface area contributed by atoms with Gasteiger partial charge in [0, 0.05) is 10.6 Å². The number of carbonyl (C=O) groups is 2. The third-order valence-electron chi connectivity index (χ3n) is 3.50. The minimum absolute atomic E-state index is 0.0929. The molecule has 0 unspecified atom stereocenters. The monoisotopic (exact) mass is 376 g/mol. The van der Waals surface area contributed by atoms with Gasteiger partial charge in [-0.15, -0.1) is 11.3 Å². The molecule has 0 atom stereocenters. The Morgan fingerprint density at radius 3 is 2.42 bits per heavy atom. The molecule has 1 amide bonds. The molecule has 1 aromatic heterocycles. The maximum Gasteiger partial charge on any atom is 0.341 e. The molecule has 1 heterocycles. The first kappa shape index (κ1) is 19.8. The van der Waals surface area contributed by atoms with E-state index in [0.717, 1.165) is 22.7 Å². The molecule has 0 spiro atoms. The summed E-state index contributed by atoms with van der Waals surface area (Å²) >= 11 is 1.39. The second kappa shape index (κ2) is 9.82. The number of rotatable bonds is 9. The molecule has 0 aliphatic heterocycles. The highest BCUT2D eigenvalue weighted by Crippen LogP contribution is 2.29. The molecule has 26 heavy (non-hydrogen) atoms. The van der Waals surface area contributed by atoms with Crippen LogP contribution >= 0.6 is 11.3 Å². The van der Waals surface area contributed by atoms with E-state index < -0.39 is 5.97 Å². The van der Waals surface area contributed by atoms with Crippen molar-refractivity contribution >= 4 is 33.9 Å². The normalized spacial score (nSPS) is 10.3. The Morgan fingerprint density at radius 2 is 1.81 bits per heavy atom. The Balaban J connectivity index is 1.96. The van der Waals surface area contributed by atoms with Crippen LogP contribution in [0.2, 0.25) is 0 Å². The Labute approximate surface area is 157 Å². The first-order chi connectivity index (χ1) is 12.6. The quantitative estimate of drug-likeness (QED) is 0.648. The van der Waals surface area contributed by atoms with Gasteiger partial charge >= 0.3 is 5.97 Å². The molecule has 0 saturated carbocycles. The number of aryl methyl sites for hydroxylation is 1. The van der Waals surface area contributed by atoms with Crippen molar-refractivity contribution in [2.75, 3.05) is 30.4 Å². The summed E-state index contributed by atoms with van der Waals surface area (Å²) in [7, 11) is 0. The zero-order valence-electron chi connectivity index (χ0n) is 15.3. The summed E-state index contributed by atoms with van der Waals surface area (Å²) in [5.74, 6) is 0.138. The number of hydrogen-bond donors (Lipinski definition) is 2. The molecule has 6 nitrogen and oxygen atoms in total. The molecule has 1 aromatic carbocycles. The predicted octanol–water partition coefficient (Wildman–Crippen LogP) is 3.94. The van der Waals surface area contributed by atoms with Gasteiger partial charge in [-0.25, -0.2) is 4.79 Å². The fourth-order valence-electron chi connectivity index (χ4n) is 2.26. The van der Waals surface area contributed by atoms with Crippen LogP contribution in [0.4, 0.5) is 10.7 Å². The van der Waals surface area contributed by atoms with E-state index >= 15 is 0 Å². The minimum Gasteiger partial charge on any atom is -0.494 e. The summed E-state index contributed by atoms with van der Waals surface area (Å²) in [6.45, 7) is 6.68. The van der Waals surface area contributed by atoms with Crippen LogP contribution in [-0.4, -0.2) is 31.6 Å². The van der Waals surface area contributed by atoms with Gasteiger partial charge in [-0.2, -0.15) is 0 Å². The highest BCUT2D eigenvalue weighted by molar-refractivity contribution is 7.16. The maximum atomic E-state index is 12.2. The van der Waals surface area contributed by atoms with Crippen LogP contribution in [0.25, 0.3) is 0 Å². The zero-order chi connectivity index (χ0) is 18.9. The standard InChI is InChI=1S/C19H24N2O4S/c1-4-15-11-16(19(23)25-6-3)18(26-15)21-17(22)12-20-13-7-9-14(10-8-13)24-5-2/h7-11,20H,4-6,12H2,1-3H3,(H,21,22). The largest absolute Gasteiger partial charge is 0.494 e. The molecule has 2 N–H and O–H groups in total. The number of esters is 1. The summed E-state index contributed by atoms with van der Waals surface area (Å²) in [5, 5.41) is 6.37. The number of amides is 1. The topological polar surface area (TPSA) is 76.7 Å². The highest BCUT2D eigenvalue weighted by atomic mass is 32.1. The van der Waals surface area contributed by atoms with Crippen LogP contribution < -0.4 is 15.4 Å². The average molecular weight is 376 g/mol. The third-order valence-corrected chi connectivity index (χ3v) is 4.69. The maximum absolute atomic E-state index is 12.2. The van der Waals surface area contributed by atoms with Crippen LogP contribution in [0, 0.1) is 0 Å². The smallest absolute Gasteiger partial charge is 0.341 e. The van der Waals surface area contributed by atoms with Crippen LogP contribution in [0.15, 0.2) is 30.3 Å². The Kier molecular flexibility index (Phi) is 7.47. The summed E-state index contributed by atoms with van der Waals surface area (Å²) < 4.78 is 10.4. The average Bonchev–Trinajstić information content (AvgIpc) is 3.04. The predicted molar refractivity (Wildman–Crippen MR) is 104 cm³/mol. The molecular formula is C19H24N2O4S. The number of carbonyl (C=O) groups excluding carboxylic acids is 2. The van der Waals surface area contributed by atoms with Crippen molar-refractivity contribution in [1.82, 2.24) is 0 Å². The number of anilines is 2. The summed E-state index contributed by atoms with van der Waals surface area (Å²) in [5.41, 5.74) is 1.22. The fraction of sp³-hybridized carbons (Fsp3) is 0.368. The van der Waals surface area contributed by atoms with Crippen molar-refractivity contribution in [1.29, 1.82) is 0 Å². The van der Waals surface area contributed by atoms with Crippen LogP contribution in [0.3, 0.4) is 0 Å². The lowest BCUT2D eigenvalue weighted by molar-refractivity contribution is -0.114. The molecule has 0 bridgehead atoms. The first-order valence-corrected chi connectivity index (χ1v) is 9.45. The lowest BCUT2D eigenvalue weighted by atomic mass is 10.2. The Morgan fingerprint density at radius 1 is 1.08 bits per heavy atom. The SMILES string of the molecule is CCOC(=O)c1cc(CC)sc1NC(=O)CNc1ccc(OCC)cc1. The van der Waals surface area contributed by atoms with Crippen LogP contribution in [0.5, 0.6) is 5.75 Å². The number of hydrogen-bond acceptors (Lipinski definition) is 6. The lowest BCUT2D eigenvalue weighted by Crippen LogP contribution is -2.22. The highest BCUT2D eigenvalue weighted by Gasteiger charge is 2.18. The van der Waals surface area contributed by atoms with Crippen molar-refractivity contribution in [3.63, 3.8) is 0 Å². The van der Waals surface area contributed by atoms with E-state index in [9.17, 15) is 9.59 Å². The van der Waals surface area contributed by atoms with E-state index in [-0.39, 0.29) is 12.5 Å². The molecule has 2 aromatic rings. The molecule has 0 radical (unpaired) electrons. The minimum atomic E-state index is -0.418. The molecule has 0 fully saturated rings. The second-order valence-corrected chi connectivity index (χ2v) is 6.53. The van der Waals surface area contributed by atoms with E-state index in [0.29, 0.717) is 23.8 Å². The van der Waals surface area contributed by atoms with Crippen LogP contribution in [0.1, 0.15) is 36.0 Å². The van der Waals surface area contributed by atoms with E-state index in [1.165, 1.54) is 11.3 Å². The third kappa shape index (κ3) is 5.49. The van der Waals surface area contributed by atoms with E-state index in [2.05, 4.69) is 10.6 Å². The molecule has 0 aliphatic rings. The van der Waals surface area contributed by atoms with Gasteiger partial charge in [0.2, 0.25) is 5.91 Å². The summed E-state index contributed by atoms with van der Waals surface area (Å²) in [4.78, 5) is 25.3. The fourth-order valence-corrected chi connectivity index (χ4v) is 3.26. The Hall–Kier alpha value is -2.54. The molecule has 7 heteroatoms. The number of nitrogens with one attached hydrogen (secondary N) is 2. The summed E-state index contributed by atoms with van der Waals surface area (Å²) in [6.07, 6.45) is 0.789. The van der Waals surface area contributed by atoms with Gasteiger partial charge in [-0.05, 0) is 50.6 Å². The Bertz CT molecular complexity index is 740. The van der Waals surface area contributed by atoms with Gasteiger partial charge in [0.1, 0.15) is 10.8 Å². The van der Waals surface area contributed by atoms with Crippen molar-refractivity contribution in [2.24, 2.45) is 0 Å². The van der Waals surface area contributed by atoms with E-state index in [1.807, 2.05) is 38.1 Å². The molecule has 0 saturated heterocycles.